The van der Waals surface area contributed by atoms with Crippen LogP contribution in [0.1, 0.15) is 45.4 Å². The zero-order valence-electron chi connectivity index (χ0n) is 12.1. The molecule has 1 unspecified atom stereocenters. The van der Waals surface area contributed by atoms with Gasteiger partial charge in [-0.2, -0.15) is 0 Å². The smallest absolute Gasteiger partial charge is 0.410 e. The van der Waals surface area contributed by atoms with Crippen molar-refractivity contribution >= 4 is 6.09 Å². The third-order valence-corrected chi connectivity index (χ3v) is 3.29. The molecule has 0 saturated carbocycles. The molecule has 19 heavy (non-hydrogen) atoms. The van der Waals surface area contributed by atoms with Crippen molar-refractivity contribution in [3.63, 3.8) is 0 Å². The lowest BCUT2D eigenvalue weighted by Gasteiger charge is -2.36. The van der Waals surface area contributed by atoms with Gasteiger partial charge in [-0.3, -0.25) is 4.98 Å². The molecule has 1 aromatic heterocycles. The van der Waals surface area contributed by atoms with E-state index in [9.17, 15) is 4.79 Å². The predicted octanol–water partition coefficient (Wildman–Crippen LogP) is 3.15. The van der Waals surface area contributed by atoms with Crippen LogP contribution >= 0.6 is 0 Å². The third kappa shape index (κ3) is 3.25. The number of carbonyl (C=O) groups is 1. The van der Waals surface area contributed by atoms with E-state index < -0.39 is 5.60 Å². The van der Waals surface area contributed by atoms with Crippen molar-refractivity contribution in [3.8, 4) is 0 Å². The van der Waals surface area contributed by atoms with Crippen molar-refractivity contribution in [2.24, 2.45) is 0 Å². The Hall–Kier alpha value is -1.58. The fourth-order valence-electron chi connectivity index (χ4n) is 2.34. The van der Waals surface area contributed by atoms with Crippen molar-refractivity contribution in [1.82, 2.24) is 9.88 Å². The molecule has 2 heterocycles. The summed E-state index contributed by atoms with van der Waals surface area (Å²) in [5, 5.41) is 0. The number of aromatic nitrogens is 1. The normalized spacial score (nSPS) is 18.9. The van der Waals surface area contributed by atoms with Crippen LogP contribution in [-0.4, -0.2) is 27.6 Å². The highest BCUT2D eigenvalue weighted by Gasteiger charge is 2.32. The lowest BCUT2D eigenvalue weighted by molar-refractivity contribution is 0.0113. The summed E-state index contributed by atoms with van der Waals surface area (Å²) in [5.74, 6) is 0. The van der Waals surface area contributed by atoms with E-state index in [-0.39, 0.29) is 12.1 Å². The van der Waals surface area contributed by atoms with Crippen LogP contribution in [0, 0.1) is 0 Å². The number of hydrogen-bond donors (Lipinski definition) is 0. The number of hydrogen-bond acceptors (Lipinski definition) is 3. The van der Waals surface area contributed by atoms with Gasteiger partial charge >= 0.3 is 6.09 Å². The molecule has 0 radical (unpaired) electrons. The Labute approximate surface area is 114 Å². The Morgan fingerprint density at radius 2 is 2.26 bits per heavy atom. The maximum atomic E-state index is 12.3. The first-order chi connectivity index (χ1) is 8.90. The van der Waals surface area contributed by atoms with Crippen LogP contribution in [0.4, 0.5) is 4.79 Å². The van der Waals surface area contributed by atoms with E-state index in [2.05, 4.69) is 11.9 Å². The summed E-state index contributed by atoms with van der Waals surface area (Å²) < 4.78 is 5.49. The topological polar surface area (TPSA) is 42.4 Å². The van der Waals surface area contributed by atoms with Crippen LogP contribution in [-0.2, 0) is 17.7 Å². The van der Waals surface area contributed by atoms with Gasteiger partial charge in [0, 0.05) is 24.4 Å². The lowest BCUT2D eigenvalue weighted by atomic mass is 9.97. The number of amides is 1. The first-order valence-electron chi connectivity index (χ1n) is 6.83. The Balaban J connectivity index is 2.19. The largest absolute Gasteiger partial charge is 0.444 e. The summed E-state index contributed by atoms with van der Waals surface area (Å²) in [4.78, 5) is 18.5. The highest BCUT2D eigenvalue weighted by atomic mass is 16.6. The third-order valence-electron chi connectivity index (χ3n) is 3.29. The molecule has 1 amide bonds. The standard InChI is InChI=1S/C15H22N2O2/c1-5-12-9-13-11(7-6-8-16-13)10-17(12)14(18)19-15(2,3)4/h6-8,12H,5,9-10H2,1-4H3. The van der Waals surface area contributed by atoms with Crippen LogP contribution in [0.15, 0.2) is 18.3 Å². The molecule has 0 spiro atoms. The van der Waals surface area contributed by atoms with Crippen molar-refractivity contribution in [2.45, 2.75) is 58.7 Å². The van der Waals surface area contributed by atoms with E-state index in [4.69, 9.17) is 4.74 Å². The van der Waals surface area contributed by atoms with Gasteiger partial charge in [0.1, 0.15) is 5.60 Å². The fourth-order valence-corrected chi connectivity index (χ4v) is 2.34. The molecule has 104 valence electrons. The molecule has 4 heteroatoms. The molecule has 4 nitrogen and oxygen atoms in total. The molecule has 0 N–H and O–H groups in total. The van der Waals surface area contributed by atoms with Gasteiger partial charge in [0.05, 0.1) is 6.54 Å². The summed E-state index contributed by atoms with van der Waals surface area (Å²) in [5.41, 5.74) is 1.78. The Morgan fingerprint density at radius 1 is 1.53 bits per heavy atom. The Kier molecular flexibility index (Phi) is 3.78. The first kappa shape index (κ1) is 13.8. The number of ether oxygens (including phenoxy) is 1. The number of rotatable bonds is 1. The fraction of sp³-hybridized carbons (Fsp3) is 0.600. The molecule has 0 bridgehead atoms. The van der Waals surface area contributed by atoms with Crippen molar-refractivity contribution in [1.29, 1.82) is 0 Å². The molecule has 2 rings (SSSR count). The summed E-state index contributed by atoms with van der Waals surface area (Å²) in [7, 11) is 0. The van der Waals surface area contributed by atoms with E-state index in [1.807, 2.05) is 44.0 Å². The van der Waals surface area contributed by atoms with Crippen LogP contribution in [0.5, 0.6) is 0 Å². The van der Waals surface area contributed by atoms with Crippen LogP contribution in [0.3, 0.4) is 0 Å². The highest BCUT2D eigenvalue weighted by molar-refractivity contribution is 5.69. The van der Waals surface area contributed by atoms with Gasteiger partial charge in [0.15, 0.2) is 0 Å². The number of fused-ring (bicyclic) bond motifs is 1. The SMILES string of the molecule is CCC1Cc2ncccc2CN1C(=O)OC(C)(C)C. The molecular formula is C15H22N2O2. The van der Waals surface area contributed by atoms with Gasteiger partial charge < -0.3 is 9.64 Å². The summed E-state index contributed by atoms with van der Waals surface area (Å²) in [6.45, 7) is 8.37. The number of carbonyl (C=O) groups excluding carboxylic acids is 1. The second kappa shape index (κ2) is 5.19. The molecule has 1 aromatic rings. The van der Waals surface area contributed by atoms with Gasteiger partial charge in [0.25, 0.3) is 0 Å². The van der Waals surface area contributed by atoms with Crippen molar-refractivity contribution in [3.05, 3.63) is 29.6 Å². The van der Waals surface area contributed by atoms with Crippen LogP contribution in [0.25, 0.3) is 0 Å². The molecule has 0 aliphatic carbocycles. The van der Waals surface area contributed by atoms with Crippen molar-refractivity contribution < 1.29 is 9.53 Å². The van der Waals surface area contributed by atoms with E-state index in [1.54, 1.807) is 0 Å². The molecular weight excluding hydrogens is 240 g/mol. The zero-order chi connectivity index (χ0) is 14.0. The average Bonchev–Trinajstić information content (AvgIpc) is 2.35. The highest BCUT2D eigenvalue weighted by Crippen LogP contribution is 2.25. The minimum absolute atomic E-state index is 0.178. The second-order valence-electron chi connectivity index (χ2n) is 5.98. The number of pyridine rings is 1. The van der Waals surface area contributed by atoms with Crippen molar-refractivity contribution in [2.75, 3.05) is 0 Å². The molecule has 1 aliphatic heterocycles. The minimum atomic E-state index is -0.454. The average molecular weight is 262 g/mol. The summed E-state index contributed by atoms with van der Waals surface area (Å²) in [6, 6.07) is 4.13. The van der Waals surface area contributed by atoms with E-state index in [1.165, 1.54) is 0 Å². The minimum Gasteiger partial charge on any atom is -0.444 e. The van der Waals surface area contributed by atoms with Gasteiger partial charge in [0.2, 0.25) is 0 Å². The van der Waals surface area contributed by atoms with E-state index >= 15 is 0 Å². The van der Waals surface area contributed by atoms with Crippen LogP contribution in [0.2, 0.25) is 0 Å². The maximum Gasteiger partial charge on any atom is 0.410 e. The molecule has 0 fully saturated rings. The van der Waals surface area contributed by atoms with E-state index in [0.717, 1.165) is 24.1 Å². The zero-order valence-corrected chi connectivity index (χ0v) is 12.1. The second-order valence-corrected chi connectivity index (χ2v) is 5.98. The monoisotopic (exact) mass is 262 g/mol. The van der Waals surface area contributed by atoms with Gasteiger partial charge in [-0.15, -0.1) is 0 Å². The summed E-state index contributed by atoms with van der Waals surface area (Å²) in [6.07, 6.45) is 3.31. The first-order valence-corrected chi connectivity index (χ1v) is 6.83. The summed E-state index contributed by atoms with van der Waals surface area (Å²) >= 11 is 0. The van der Waals surface area contributed by atoms with Gasteiger partial charge in [-0.1, -0.05) is 13.0 Å². The quantitative estimate of drug-likeness (QED) is 0.780. The van der Waals surface area contributed by atoms with Crippen LogP contribution < -0.4 is 0 Å². The predicted molar refractivity (Wildman–Crippen MR) is 73.8 cm³/mol. The molecule has 1 aliphatic rings. The molecule has 1 atom stereocenters. The maximum absolute atomic E-state index is 12.3. The lowest BCUT2D eigenvalue weighted by Crippen LogP contribution is -2.46. The van der Waals surface area contributed by atoms with Gasteiger partial charge in [-0.05, 0) is 38.8 Å². The molecule has 0 saturated heterocycles. The molecule has 0 aromatic carbocycles. The van der Waals surface area contributed by atoms with Gasteiger partial charge in [-0.25, -0.2) is 4.79 Å². The van der Waals surface area contributed by atoms with E-state index in [0.29, 0.717) is 6.54 Å². The Morgan fingerprint density at radius 3 is 2.89 bits per heavy atom. The Bertz CT molecular complexity index is 465. The number of nitrogens with zero attached hydrogens (tertiary/aromatic N) is 2.